The summed E-state index contributed by atoms with van der Waals surface area (Å²) >= 11 is 0. The van der Waals surface area contributed by atoms with Crippen LogP contribution in [0.25, 0.3) is 11.1 Å². The van der Waals surface area contributed by atoms with Gasteiger partial charge in [0.05, 0.1) is 59.4 Å². The Balaban J connectivity index is 1.21. The Morgan fingerprint density at radius 2 is 1.85 bits per heavy atom. The van der Waals surface area contributed by atoms with Crippen LogP contribution in [0.1, 0.15) is 77.6 Å². The molecule has 1 aliphatic carbocycles. The molecule has 5 heterocycles. The first kappa shape index (κ1) is 35.8. The summed E-state index contributed by atoms with van der Waals surface area (Å²) in [5, 5.41) is 36.2. The van der Waals surface area contributed by atoms with Gasteiger partial charge < -0.3 is 36.0 Å². The summed E-state index contributed by atoms with van der Waals surface area (Å²) < 4.78 is 7.91. The molecule has 17 heteroatoms. The first-order valence-electron chi connectivity index (χ1n) is 17.7. The van der Waals surface area contributed by atoms with Gasteiger partial charge in [-0.15, -0.1) is 10.2 Å². The van der Waals surface area contributed by atoms with E-state index in [1.165, 1.54) is 7.05 Å². The third-order valence-corrected chi connectivity index (χ3v) is 10.1. The van der Waals surface area contributed by atoms with Crippen LogP contribution in [0.3, 0.4) is 0 Å². The molecule has 5 N–H and O–H groups in total. The van der Waals surface area contributed by atoms with E-state index in [0.717, 1.165) is 41.8 Å². The van der Waals surface area contributed by atoms with Crippen LogP contribution in [0.15, 0.2) is 42.6 Å². The molecule has 3 amide bonds. The Kier molecular flexibility index (Phi) is 9.55. The maximum absolute atomic E-state index is 12.9. The first-order chi connectivity index (χ1) is 25.5. The molecule has 3 aliphatic rings. The SMILES string of the molecule is [B]C(O)(c1cccc(C(=O)NCC)n1)N1CC(n2ncc3c2C(CC)N(C)c2c(Nc4cc(NC(=O)C5CC5)nnc4C(=O)NC)ccc(OC)c2-3)C1. The van der Waals surface area contributed by atoms with Crippen molar-refractivity contribution in [1.29, 1.82) is 0 Å². The van der Waals surface area contributed by atoms with E-state index in [9.17, 15) is 19.5 Å². The highest BCUT2D eigenvalue weighted by Gasteiger charge is 2.45. The minimum Gasteiger partial charge on any atom is -0.496 e. The number of benzene rings is 1. The third kappa shape index (κ3) is 6.43. The number of rotatable bonds is 12. The van der Waals surface area contributed by atoms with Crippen molar-refractivity contribution >= 4 is 48.4 Å². The van der Waals surface area contributed by atoms with Crippen LogP contribution >= 0.6 is 0 Å². The fourth-order valence-electron chi connectivity index (χ4n) is 7.08. The molecule has 2 fully saturated rings. The second-order valence-corrected chi connectivity index (χ2v) is 13.5. The van der Waals surface area contributed by atoms with Crippen molar-refractivity contribution in [2.75, 3.05) is 56.4 Å². The number of nitrogens with zero attached hydrogens (tertiary/aromatic N) is 7. The van der Waals surface area contributed by atoms with E-state index in [0.29, 0.717) is 36.8 Å². The lowest BCUT2D eigenvalue weighted by Crippen LogP contribution is -2.59. The van der Waals surface area contributed by atoms with Crippen LogP contribution in [0.5, 0.6) is 5.75 Å². The molecule has 2 atom stereocenters. The maximum Gasteiger partial charge on any atom is 0.273 e. The molecule has 274 valence electrons. The van der Waals surface area contributed by atoms with Crippen LogP contribution < -0.4 is 30.9 Å². The molecule has 53 heavy (non-hydrogen) atoms. The van der Waals surface area contributed by atoms with Crippen molar-refractivity contribution in [3.05, 3.63) is 65.4 Å². The quantitative estimate of drug-likeness (QED) is 0.135. The van der Waals surface area contributed by atoms with Gasteiger partial charge in [-0.05, 0) is 50.5 Å². The molecule has 2 unspecified atom stereocenters. The summed E-state index contributed by atoms with van der Waals surface area (Å²) in [6.07, 6.45) is 4.24. The molecule has 0 bridgehead atoms. The lowest BCUT2D eigenvalue weighted by molar-refractivity contribution is -0.117. The molecule has 1 aromatic carbocycles. The summed E-state index contributed by atoms with van der Waals surface area (Å²) in [4.78, 5) is 46.1. The zero-order valence-corrected chi connectivity index (χ0v) is 30.3. The predicted octanol–water partition coefficient (Wildman–Crippen LogP) is 2.67. The maximum atomic E-state index is 12.9. The summed E-state index contributed by atoms with van der Waals surface area (Å²) in [5.41, 5.74) is 3.09. The fourth-order valence-corrected chi connectivity index (χ4v) is 7.08. The molecule has 16 nitrogen and oxygen atoms in total. The van der Waals surface area contributed by atoms with Gasteiger partial charge in [0.15, 0.2) is 11.5 Å². The number of amides is 3. The molecular formula is C36H42BN11O5. The van der Waals surface area contributed by atoms with E-state index in [-0.39, 0.29) is 52.7 Å². The van der Waals surface area contributed by atoms with E-state index in [1.807, 2.05) is 37.0 Å². The van der Waals surface area contributed by atoms with Gasteiger partial charge in [0.1, 0.15) is 24.9 Å². The van der Waals surface area contributed by atoms with E-state index in [2.05, 4.69) is 48.3 Å². The van der Waals surface area contributed by atoms with Crippen molar-refractivity contribution < 1.29 is 24.2 Å². The number of carbonyl (C=O) groups is 3. The monoisotopic (exact) mass is 719 g/mol. The number of hydrogen-bond donors (Lipinski definition) is 5. The van der Waals surface area contributed by atoms with Gasteiger partial charge in [0.25, 0.3) is 11.8 Å². The molecular weight excluding hydrogens is 677 g/mol. The summed E-state index contributed by atoms with van der Waals surface area (Å²) in [6, 6.07) is 9.96. The van der Waals surface area contributed by atoms with Crippen LogP contribution in [0.2, 0.25) is 0 Å². The fraction of sp³-hybridized carbons (Fsp3) is 0.417. The van der Waals surface area contributed by atoms with Gasteiger partial charge >= 0.3 is 0 Å². The van der Waals surface area contributed by atoms with Gasteiger partial charge in [0.2, 0.25) is 5.91 Å². The molecule has 1 saturated heterocycles. The van der Waals surface area contributed by atoms with Crippen LogP contribution in [0.4, 0.5) is 22.9 Å². The average molecular weight is 720 g/mol. The van der Waals surface area contributed by atoms with E-state index in [4.69, 9.17) is 17.7 Å². The second kappa shape index (κ2) is 14.1. The number of anilines is 4. The molecule has 4 aromatic rings. The Morgan fingerprint density at radius 3 is 2.53 bits per heavy atom. The number of aromatic nitrogens is 5. The topological polar surface area (TPSA) is 192 Å². The second-order valence-electron chi connectivity index (χ2n) is 13.5. The lowest BCUT2D eigenvalue weighted by Gasteiger charge is -2.49. The van der Waals surface area contributed by atoms with Gasteiger partial charge in [-0.3, -0.25) is 24.0 Å². The van der Waals surface area contributed by atoms with Crippen LogP contribution in [0, 0.1) is 5.92 Å². The average Bonchev–Trinajstić information content (AvgIpc) is 3.91. The number of ether oxygens (including phenoxy) is 1. The zero-order chi connectivity index (χ0) is 37.6. The van der Waals surface area contributed by atoms with E-state index >= 15 is 0 Å². The highest BCUT2D eigenvalue weighted by molar-refractivity contribution is 6.14. The Labute approximate surface area is 308 Å². The number of methoxy groups -OCH3 is 1. The van der Waals surface area contributed by atoms with Gasteiger partial charge in [-0.25, -0.2) is 4.98 Å². The minimum atomic E-state index is -1.90. The Morgan fingerprint density at radius 1 is 1.08 bits per heavy atom. The number of carbonyl (C=O) groups excluding carboxylic acids is 3. The van der Waals surface area contributed by atoms with Crippen molar-refractivity contribution in [3.63, 3.8) is 0 Å². The predicted molar refractivity (Wildman–Crippen MR) is 198 cm³/mol. The summed E-state index contributed by atoms with van der Waals surface area (Å²) in [7, 11) is 11.6. The summed E-state index contributed by atoms with van der Waals surface area (Å²) in [6.45, 7) is 5.14. The highest BCUT2D eigenvalue weighted by Crippen LogP contribution is 2.53. The van der Waals surface area contributed by atoms with Crippen molar-refractivity contribution in [2.24, 2.45) is 5.92 Å². The third-order valence-electron chi connectivity index (χ3n) is 10.1. The number of nitrogens with one attached hydrogen (secondary N) is 4. The van der Waals surface area contributed by atoms with Crippen LogP contribution in [-0.4, -0.2) is 101 Å². The van der Waals surface area contributed by atoms with Crippen molar-refractivity contribution in [1.82, 2.24) is 40.5 Å². The van der Waals surface area contributed by atoms with Gasteiger partial charge in [-0.1, -0.05) is 13.0 Å². The number of aliphatic hydroxyl groups is 1. The van der Waals surface area contributed by atoms with Gasteiger partial charge in [0, 0.05) is 51.3 Å². The number of fused-ring (bicyclic) bond motifs is 3. The minimum absolute atomic E-state index is 0.0335. The molecule has 0 spiro atoms. The van der Waals surface area contributed by atoms with Crippen molar-refractivity contribution in [3.8, 4) is 16.9 Å². The highest BCUT2D eigenvalue weighted by atomic mass is 16.5. The number of likely N-dealkylation sites (tertiary alicyclic amines) is 1. The molecule has 1 saturated carbocycles. The largest absolute Gasteiger partial charge is 0.496 e. The molecule has 7 rings (SSSR count). The van der Waals surface area contributed by atoms with Crippen LogP contribution in [-0.2, 0) is 10.4 Å². The lowest BCUT2D eigenvalue weighted by atomic mass is 9.82. The molecule has 2 radical (unpaired) electrons. The van der Waals surface area contributed by atoms with E-state index in [1.54, 1.807) is 36.3 Å². The van der Waals surface area contributed by atoms with Gasteiger partial charge in [-0.2, -0.15) is 5.10 Å². The van der Waals surface area contributed by atoms with E-state index < -0.39 is 11.5 Å². The Hall–Kier alpha value is -5.55. The number of pyridine rings is 1. The zero-order valence-electron chi connectivity index (χ0n) is 30.3. The molecule has 3 aromatic heterocycles. The smallest absolute Gasteiger partial charge is 0.273 e. The Bertz CT molecular complexity index is 2080. The standard InChI is InChI=1S/C36H42BN11O5/c1-6-25-31-21(16-40-48(31)20-17-47(18-20)36(37,52)27-10-8-9-23(42-27)34(50)39-7-2)29-26(53-5)14-13-22(32(29)46(25)4)41-24-15-28(43-33(49)19-11-12-19)44-45-30(24)35(51)38-3/h8-10,13-16,19-20,25,52H,6-7,11-12,17-18H2,1-5H3,(H,38,51)(H,39,50)(H2,41,43,44,49). The normalized spacial score (nSPS) is 17.8. The number of hydrogen-bond acceptors (Lipinski definition) is 12. The molecule has 2 aliphatic heterocycles. The first-order valence-corrected chi connectivity index (χ1v) is 17.7. The van der Waals surface area contributed by atoms with Crippen molar-refractivity contribution in [2.45, 2.75) is 50.8 Å². The summed E-state index contributed by atoms with van der Waals surface area (Å²) in [5.74, 6) is -0.0572.